The fraction of sp³-hybridized carbons (Fsp3) is 0.500. The summed E-state index contributed by atoms with van der Waals surface area (Å²) in [5.41, 5.74) is 6.52. The van der Waals surface area contributed by atoms with Gasteiger partial charge in [-0.05, 0) is 30.4 Å². The number of anilines is 1. The smallest absolute Gasteiger partial charge is 0.306 e. The van der Waals surface area contributed by atoms with Crippen LogP contribution in [0.1, 0.15) is 19.3 Å². The van der Waals surface area contributed by atoms with E-state index < -0.39 is 0 Å². The predicted molar refractivity (Wildman–Crippen MR) is 72.7 cm³/mol. The average Bonchev–Trinajstić information content (AvgIpc) is 3.10. The van der Waals surface area contributed by atoms with Gasteiger partial charge in [0.1, 0.15) is 10.2 Å². The van der Waals surface area contributed by atoms with Crippen LogP contribution in [-0.2, 0) is 9.53 Å². The standard InChI is InChI=1S/C12H15ClN2O2S/c1-17-10(16)6-12(4-5-12)7-18-11-8(14)2-3-9(13)15-11/h2-3H,4-7,14H2,1H3. The summed E-state index contributed by atoms with van der Waals surface area (Å²) in [6, 6.07) is 3.42. The number of carbonyl (C=O) groups is 1. The molecule has 0 saturated heterocycles. The number of hydrogen-bond donors (Lipinski definition) is 1. The second kappa shape index (κ2) is 5.36. The third kappa shape index (κ3) is 3.29. The Morgan fingerprint density at radius 3 is 2.94 bits per heavy atom. The van der Waals surface area contributed by atoms with Gasteiger partial charge in [-0.3, -0.25) is 4.79 Å². The van der Waals surface area contributed by atoms with Gasteiger partial charge in [0.15, 0.2) is 0 Å². The monoisotopic (exact) mass is 286 g/mol. The number of aromatic nitrogens is 1. The van der Waals surface area contributed by atoms with Crippen molar-refractivity contribution >= 4 is 35.0 Å². The Bertz CT molecular complexity index is 463. The van der Waals surface area contributed by atoms with Crippen molar-refractivity contribution < 1.29 is 9.53 Å². The van der Waals surface area contributed by atoms with E-state index in [4.69, 9.17) is 22.1 Å². The summed E-state index contributed by atoms with van der Waals surface area (Å²) in [5.74, 6) is 0.666. The molecule has 18 heavy (non-hydrogen) atoms. The predicted octanol–water partition coefficient (Wildman–Crippen LogP) is 2.75. The van der Waals surface area contributed by atoms with Gasteiger partial charge in [-0.1, -0.05) is 11.6 Å². The summed E-state index contributed by atoms with van der Waals surface area (Å²) < 4.78 is 4.71. The largest absolute Gasteiger partial charge is 0.469 e. The minimum atomic E-state index is -0.153. The number of ether oxygens (including phenoxy) is 1. The summed E-state index contributed by atoms with van der Waals surface area (Å²) in [5, 5.41) is 1.17. The second-order valence-electron chi connectivity index (χ2n) is 4.57. The van der Waals surface area contributed by atoms with Gasteiger partial charge in [0.05, 0.1) is 19.2 Å². The van der Waals surface area contributed by atoms with Gasteiger partial charge in [-0.25, -0.2) is 4.98 Å². The molecule has 0 aliphatic heterocycles. The molecular weight excluding hydrogens is 272 g/mol. The molecular formula is C12H15ClN2O2S. The van der Waals surface area contributed by atoms with Crippen LogP contribution in [0, 0.1) is 5.41 Å². The Morgan fingerprint density at radius 2 is 2.33 bits per heavy atom. The van der Waals surface area contributed by atoms with E-state index in [-0.39, 0.29) is 11.4 Å². The number of nitrogens with two attached hydrogens (primary N) is 1. The Kier molecular flexibility index (Phi) is 4.02. The molecule has 2 N–H and O–H groups in total. The van der Waals surface area contributed by atoms with E-state index in [1.165, 1.54) is 7.11 Å². The van der Waals surface area contributed by atoms with Crippen molar-refractivity contribution in [2.75, 3.05) is 18.6 Å². The Morgan fingerprint density at radius 1 is 1.61 bits per heavy atom. The van der Waals surface area contributed by atoms with Crippen molar-refractivity contribution in [2.24, 2.45) is 5.41 Å². The fourth-order valence-electron chi connectivity index (χ4n) is 1.69. The maximum atomic E-state index is 11.3. The zero-order chi connectivity index (χ0) is 13.2. The van der Waals surface area contributed by atoms with Crippen molar-refractivity contribution in [3.8, 4) is 0 Å². The second-order valence-corrected chi connectivity index (χ2v) is 5.92. The summed E-state index contributed by atoms with van der Waals surface area (Å²) in [4.78, 5) is 15.5. The Hall–Kier alpha value is -0.940. The number of pyridine rings is 1. The van der Waals surface area contributed by atoms with Crippen LogP contribution in [0.5, 0.6) is 0 Å². The zero-order valence-corrected chi connectivity index (χ0v) is 11.7. The van der Waals surface area contributed by atoms with Crippen LogP contribution >= 0.6 is 23.4 Å². The molecule has 2 rings (SSSR count). The van der Waals surface area contributed by atoms with Gasteiger partial charge in [-0.15, -0.1) is 11.8 Å². The molecule has 6 heteroatoms. The molecule has 0 unspecified atom stereocenters. The van der Waals surface area contributed by atoms with Crippen LogP contribution in [-0.4, -0.2) is 23.8 Å². The van der Waals surface area contributed by atoms with Crippen LogP contribution in [0.2, 0.25) is 5.15 Å². The maximum absolute atomic E-state index is 11.3. The molecule has 0 radical (unpaired) electrons. The maximum Gasteiger partial charge on any atom is 0.306 e. The number of rotatable bonds is 5. The molecule has 1 aromatic heterocycles. The molecule has 1 aliphatic rings. The molecule has 0 amide bonds. The van der Waals surface area contributed by atoms with E-state index in [1.807, 2.05) is 0 Å². The topological polar surface area (TPSA) is 65.2 Å². The summed E-state index contributed by atoms with van der Waals surface area (Å²) >= 11 is 7.39. The number of halogens is 1. The highest BCUT2D eigenvalue weighted by molar-refractivity contribution is 7.99. The normalized spacial score (nSPS) is 16.3. The van der Waals surface area contributed by atoms with E-state index in [0.29, 0.717) is 17.3 Å². The molecule has 98 valence electrons. The number of nitrogen functional groups attached to an aromatic ring is 1. The number of nitrogens with zero attached hydrogens (tertiary/aromatic N) is 1. The van der Waals surface area contributed by atoms with Gasteiger partial charge in [0.2, 0.25) is 0 Å². The lowest BCUT2D eigenvalue weighted by atomic mass is 10.1. The molecule has 0 aromatic carbocycles. The van der Waals surface area contributed by atoms with Gasteiger partial charge in [0.25, 0.3) is 0 Å². The first-order valence-corrected chi connectivity index (χ1v) is 7.03. The molecule has 1 fully saturated rings. The Labute approximate surface area is 115 Å². The van der Waals surface area contributed by atoms with Crippen LogP contribution in [0.3, 0.4) is 0 Å². The van der Waals surface area contributed by atoms with E-state index >= 15 is 0 Å². The van der Waals surface area contributed by atoms with E-state index in [1.54, 1.807) is 23.9 Å². The number of esters is 1. The van der Waals surface area contributed by atoms with Crippen molar-refractivity contribution in [2.45, 2.75) is 24.3 Å². The molecule has 1 heterocycles. The van der Waals surface area contributed by atoms with Crippen LogP contribution in [0.15, 0.2) is 17.2 Å². The quantitative estimate of drug-likeness (QED) is 0.512. The number of methoxy groups -OCH3 is 1. The molecule has 0 atom stereocenters. The summed E-state index contributed by atoms with van der Waals surface area (Å²) in [7, 11) is 1.42. The lowest BCUT2D eigenvalue weighted by Gasteiger charge is -2.13. The molecule has 1 aliphatic carbocycles. The third-order valence-corrected chi connectivity index (χ3v) is 4.64. The van der Waals surface area contributed by atoms with E-state index in [9.17, 15) is 4.79 Å². The van der Waals surface area contributed by atoms with Crippen molar-refractivity contribution in [1.29, 1.82) is 0 Å². The van der Waals surface area contributed by atoms with Gasteiger partial charge < -0.3 is 10.5 Å². The van der Waals surface area contributed by atoms with E-state index in [0.717, 1.165) is 23.6 Å². The first kappa shape index (κ1) is 13.5. The minimum absolute atomic E-state index is 0.0637. The van der Waals surface area contributed by atoms with Crippen molar-refractivity contribution in [1.82, 2.24) is 4.98 Å². The van der Waals surface area contributed by atoms with Crippen LogP contribution < -0.4 is 5.73 Å². The first-order valence-electron chi connectivity index (χ1n) is 5.66. The highest BCUT2D eigenvalue weighted by Gasteiger charge is 2.44. The highest BCUT2D eigenvalue weighted by atomic mass is 35.5. The highest BCUT2D eigenvalue weighted by Crippen LogP contribution is 2.52. The van der Waals surface area contributed by atoms with Gasteiger partial charge in [-0.2, -0.15) is 0 Å². The Balaban J connectivity index is 1.95. The van der Waals surface area contributed by atoms with Crippen molar-refractivity contribution in [3.05, 3.63) is 17.3 Å². The lowest BCUT2D eigenvalue weighted by Crippen LogP contribution is -2.13. The van der Waals surface area contributed by atoms with E-state index in [2.05, 4.69) is 4.98 Å². The molecule has 4 nitrogen and oxygen atoms in total. The van der Waals surface area contributed by atoms with Crippen LogP contribution in [0.4, 0.5) is 5.69 Å². The first-order chi connectivity index (χ1) is 8.54. The molecule has 0 bridgehead atoms. The number of carbonyl (C=O) groups excluding carboxylic acids is 1. The van der Waals surface area contributed by atoms with Gasteiger partial charge in [0, 0.05) is 5.75 Å². The average molecular weight is 287 g/mol. The molecule has 1 saturated carbocycles. The summed E-state index contributed by atoms with van der Waals surface area (Å²) in [6.45, 7) is 0. The SMILES string of the molecule is COC(=O)CC1(CSc2nc(Cl)ccc2N)CC1. The van der Waals surface area contributed by atoms with Crippen molar-refractivity contribution in [3.63, 3.8) is 0 Å². The zero-order valence-electron chi connectivity index (χ0n) is 10.1. The summed E-state index contributed by atoms with van der Waals surface area (Å²) in [6.07, 6.45) is 2.57. The molecule has 1 aromatic rings. The molecule has 0 spiro atoms. The number of hydrogen-bond acceptors (Lipinski definition) is 5. The third-order valence-electron chi connectivity index (χ3n) is 3.07. The number of thioether (sulfide) groups is 1. The lowest BCUT2D eigenvalue weighted by molar-refractivity contribution is -0.141. The van der Waals surface area contributed by atoms with Crippen LogP contribution in [0.25, 0.3) is 0 Å². The minimum Gasteiger partial charge on any atom is -0.469 e. The fourth-order valence-corrected chi connectivity index (χ4v) is 3.12. The van der Waals surface area contributed by atoms with Gasteiger partial charge >= 0.3 is 5.97 Å².